The second kappa shape index (κ2) is 7.53. The highest BCUT2D eigenvalue weighted by Crippen LogP contribution is 2.27. The van der Waals surface area contributed by atoms with E-state index < -0.39 is 0 Å². The quantitative estimate of drug-likeness (QED) is 0.721. The van der Waals surface area contributed by atoms with Crippen LogP contribution in [0, 0.1) is 19.7 Å². The Morgan fingerprint density at radius 1 is 0.963 bits per heavy atom. The van der Waals surface area contributed by atoms with Crippen molar-refractivity contribution in [2.75, 3.05) is 19.5 Å². The van der Waals surface area contributed by atoms with E-state index >= 15 is 0 Å². The number of nitrogens with zero attached hydrogens (tertiary/aromatic N) is 1. The Balaban J connectivity index is 1.92. The minimum absolute atomic E-state index is 0.244. The smallest absolute Gasteiger partial charge is 0.257 e. The number of aryl methyl sites for hydroxylation is 1. The van der Waals surface area contributed by atoms with Crippen molar-refractivity contribution in [2.45, 2.75) is 13.8 Å². The molecule has 5 nitrogen and oxygen atoms in total. The van der Waals surface area contributed by atoms with Gasteiger partial charge in [0, 0.05) is 41.0 Å². The number of rotatable bonds is 5. The average molecular weight is 368 g/mol. The highest BCUT2D eigenvalue weighted by Gasteiger charge is 2.17. The first-order chi connectivity index (χ1) is 12.9. The Morgan fingerprint density at radius 3 is 2.11 bits per heavy atom. The monoisotopic (exact) mass is 368 g/mol. The fraction of sp³-hybridized carbons (Fsp3) is 0.190. The summed E-state index contributed by atoms with van der Waals surface area (Å²) in [4.78, 5) is 12.8. The van der Waals surface area contributed by atoms with E-state index in [1.165, 1.54) is 12.1 Å². The summed E-state index contributed by atoms with van der Waals surface area (Å²) >= 11 is 0. The van der Waals surface area contributed by atoms with Crippen LogP contribution in [0.25, 0.3) is 5.69 Å². The van der Waals surface area contributed by atoms with Crippen molar-refractivity contribution in [3.63, 3.8) is 0 Å². The van der Waals surface area contributed by atoms with Gasteiger partial charge in [-0.25, -0.2) is 4.39 Å². The number of carbonyl (C=O) groups excluding carboxylic acids is 1. The molecular formula is C21H21FN2O3. The molecule has 0 spiro atoms. The number of aromatic nitrogens is 1. The van der Waals surface area contributed by atoms with Crippen LogP contribution in [-0.4, -0.2) is 24.7 Å². The Hall–Kier alpha value is -3.28. The first-order valence-electron chi connectivity index (χ1n) is 8.42. The molecule has 140 valence electrons. The minimum atomic E-state index is -0.300. The number of halogens is 1. The van der Waals surface area contributed by atoms with E-state index in [-0.39, 0.29) is 11.7 Å². The summed E-state index contributed by atoms with van der Waals surface area (Å²) in [7, 11) is 3.10. The van der Waals surface area contributed by atoms with E-state index in [9.17, 15) is 9.18 Å². The molecule has 0 saturated heterocycles. The molecule has 1 aromatic heterocycles. The molecule has 0 aliphatic heterocycles. The molecule has 3 aromatic rings. The topological polar surface area (TPSA) is 52.5 Å². The molecule has 0 bridgehead atoms. The largest absolute Gasteiger partial charge is 0.497 e. The van der Waals surface area contributed by atoms with Gasteiger partial charge in [0.2, 0.25) is 0 Å². The van der Waals surface area contributed by atoms with E-state index in [0.29, 0.717) is 22.7 Å². The van der Waals surface area contributed by atoms with Gasteiger partial charge in [-0.2, -0.15) is 0 Å². The van der Waals surface area contributed by atoms with Gasteiger partial charge < -0.3 is 19.4 Å². The zero-order valence-electron chi connectivity index (χ0n) is 15.7. The molecule has 1 N–H and O–H groups in total. The van der Waals surface area contributed by atoms with Crippen molar-refractivity contribution in [1.82, 2.24) is 4.57 Å². The molecular weight excluding hydrogens is 347 g/mol. The lowest BCUT2D eigenvalue weighted by Gasteiger charge is -2.11. The van der Waals surface area contributed by atoms with Crippen molar-refractivity contribution in [3.8, 4) is 17.2 Å². The molecule has 0 aliphatic rings. The second-order valence-electron chi connectivity index (χ2n) is 6.15. The molecule has 0 fully saturated rings. The summed E-state index contributed by atoms with van der Waals surface area (Å²) in [6.45, 7) is 3.76. The number of nitrogens with one attached hydrogen (secondary N) is 1. The van der Waals surface area contributed by atoms with Crippen LogP contribution >= 0.6 is 0 Å². The van der Waals surface area contributed by atoms with Crippen molar-refractivity contribution >= 4 is 11.6 Å². The molecule has 1 amide bonds. The number of ether oxygens (including phenoxy) is 2. The van der Waals surface area contributed by atoms with E-state index in [1.54, 1.807) is 44.6 Å². The number of carbonyl (C=O) groups is 1. The summed E-state index contributed by atoms with van der Waals surface area (Å²) in [6, 6.07) is 13.2. The summed E-state index contributed by atoms with van der Waals surface area (Å²) in [5.74, 6) is 0.626. The first kappa shape index (κ1) is 18.5. The lowest BCUT2D eigenvalue weighted by molar-refractivity contribution is 0.102. The summed E-state index contributed by atoms with van der Waals surface area (Å²) in [6.07, 6.45) is 0. The van der Waals surface area contributed by atoms with Crippen LogP contribution in [0.4, 0.5) is 10.1 Å². The summed E-state index contributed by atoms with van der Waals surface area (Å²) < 4.78 is 25.6. The SMILES string of the molecule is COc1cc(NC(=O)c2cc(C)n(-c3ccc(F)cc3)c2C)cc(OC)c1. The molecule has 3 rings (SSSR count). The van der Waals surface area contributed by atoms with Gasteiger partial charge in [0.1, 0.15) is 17.3 Å². The minimum Gasteiger partial charge on any atom is -0.497 e. The van der Waals surface area contributed by atoms with Crippen LogP contribution in [0.1, 0.15) is 21.7 Å². The van der Waals surface area contributed by atoms with E-state index in [0.717, 1.165) is 17.1 Å². The lowest BCUT2D eigenvalue weighted by atomic mass is 10.2. The van der Waals surface area contributed by atoms with Gasteiger partial charge >= 0.3 is 0 Å². The van der Waals surface area contributed by atoms with Gasteiger partial charge in [0.25, 0.3) is 5.91 Å². The Kier molecular flexibility index (Phi) is 5.16. The third-order valence-corrected chi connectivity index (χ3v) is 4.37. The lowest BCUT2D eigenvalue weighted by Crippen LogP contribution is -2.13. The van der Waals surface area contributed by atoms with E-state index in [4.69, 9.17) is 9.47 Å². The van der Waals surface area contributed by atoms with Gasteiger partial charge in [-0.3, -0.25) is 4.79 Å². The zero-order chi connectivity index (χ0) is 19.6. The molecule has 2 aromatic carbocycles. The third kappa shape index (κ3) is 3.79. The molecule has 27 heavy (non-hydrogen) atoms. The van der Waals surface area contributed by atoms with Gasteiger partial charge in [0.05, 0.1) is 19.8 Å². The molecule has 6 heteroatoms. The molecule has 0 atom stereocenters. The number of methoxy groups -OCH3 is 2. The first-order valence-corrected chi connectivity index (χ1v) is 8.42. The number of anilines is 1. The number of benzene rings is 2. The number of hydrogen-bond donors (Lipinski definition) is 1. The maximum absolute atomic E-state index is 13.2. The fourth-order valence-corrected chi connectivity index (χ4v) is 3.06. The van der Waals surface area contributed by atoms with Gasteiger partial charge in [-0.15, -0.1) is 0 Å². The third-order valence-electron chi connectivity index (χ3n) is 4.37. The van der Waals surface area contributed by atoms with Crippen LogP contribution in [0.3, 0.4) is 0 Å². The summed E-state index contributed by atoms with van der Waals surface area (Å²) in [5, 5.41) is 2.88. The predicted octanol–water partition coefficient (Wildman–Crippen LogP) is 4.50. The molecule has 0 aliphatic carbocycles. The van der Waals surface area contributed by atoms with Gasteiger partial charge in [0.15, 0.2) is 0 Å². The van der Waals surface area contributed by atoms with Crippen LogP contribution in [0.5, 0.6) is 11.5 Å². The number of hydrogen-bond acceptors (Lipinski definition) is 3. The fourth-order valence-electron chi connectivity index (χ4n) is 3.06. The number of amides is 1. The van der Waals surface area contributed by atoms with Crippen molar-refractivity contribution in [3.05, 3.63) is 71.3 Å². The molecule has 0 unspecified atom stereocenters. The zero-order valence-corrected chi connectivity index (χ0v) is 15.7. The van der Waals surface area contributed by atoms with E-state index in [1.807, 2.05) is 24.5 Å². The highest BCUT2D eigenvalue weighted by molar-refractivity contribution is 6.05. The predicted molar refractivity (Wildman–Crippen MR) is 103 cm³/mol. The van der Waals surface area contributed by atoms with Crippen molar-refractivity contribution in [1.29, 1.82) is 0 Å². The van der Waals surface area contributed by atoms with Crippen molar-refractivity contribution in [2.24, 2.45) is 0 Å². The molecule has 0 saturated carbocycles. The van der Waals surface area contributed by atoms with Crippen LogP contribution in [-0.2, 0) is 0 Å². The maximum atomic E-state index is 13.2. The molecule has 1 heterocycles. The van der Waals surface area contributed by atoms with Crippen molar-refractivity contribution < 1.29 is 18.7 Å². The van der Waals surface area contributed by atoms with Crippen LogP contribution in [0.15, 0.2) is 48.5 Å². The van der Waals surface area contributed by atoms with Crippen LogP contribution in [0.2, 0.25) is 0 Å². The molecule has 0 radical (unpaired) electrons. The summed E-state index contributed by atoms with van der Waals surface area (Å²) in [5.41, 5.74) is 3.56. The highest BCUT2D eigenvalue weighted by atomic mass is 19.1. The van der Waals surface area contributed by atoms with Gasteiger partial charge in [-0.05, 0) is 44.2 Å². The Bertz CT molecular complexity index is 956. The Morgan fingerprint density at radius 2 is 1.56 bits per heavy atom. The second-order valence-corrected chi connectivity index (χ2v) is 6.15. The van der Waals surface area contributed by atoms with Crippen LogP contribution < -0.4 is 14.8 Å². The normalized spacial score (nSPS) is 10.6. The maximum Gasteiger partial charge on any atom is 0.257 e. The van der Waals surface area contributed by atoms with E-state index in [2.05, 4.69) is 5.32 Å². The standard InChI is InChI=1S/C21H21FN2O3/c1-13-9-20(14(2)24(13)17-7-5-15(22)6-8-17)21(25)23-16-10-18(26-3)12-19(11-16)27-4/h5-12H,1-4H3,(H,23,25). The Labute approximate surface area is 157 Å². The van der Waals surface area contributed by atoms with Gasteiger partial charge in [-0.1, -0.05) is 0 Å². The average Bonchev–Trinajstić information content (AvgIpc) is 2.96.